The second kappa shape index (κ2) is 19.4. The van der Waals surface area contributed by atoms with Crippen LogP contribution in [0, 0.1) is 0 Å². The summed E-state index contributed by atoms with van der Waals surface area (Å²) in [5, 5.41) is 13.8. The normalized spacial score (nSPS) is 12.6. The van der Waals surface area contributed by atoms with Crippen molar-refractivity contribution in [2.24, 2.45) is 0 Å². The zero-order chi connectivity index (χ0) is 61.3. The van der Waals surface area contributed by atoms with E-state index >= 15 is 0 Å². The number of hydrogen-bond acceptors (Lipinski definition) is 6. The Kier molecular flexibility index (Phi) is 10.5. The Morgan fingerprint density at radius 1 is 0.234 bits per heavy atom. The van der Waals surface area contributed by atoms with Gasteiger partial charge in [0.25, 0.3) is 0 Å². The van der Waals surface area contributed by atoms with Gasteiger partial charge >= 0.3 is 0 Å². The molecule has 19 aromatic rings. The van der Waals surface area contributed by atoms with E-state index in [9.17, 15) is 0 Å². The number of aromatic nitrogens is 6. The molecule has 0 radical (unpaired) electrons. The lowest BCUT2D eigenvalue weighted by molar-refractivity contribution is 1.05. The maximum Gasteiger partial charge on any atom is 0.182 e. The van der Waals surface area contributed by atoms with Crippen molar-refractivity contribution in [3.8, 4) is 56.1 Å². The number of rotatable bonds is 6. The van der Waals surface area contributed by atoms with Gasteiger partial charge in [-0.15, -0.1) is 0 Å². The van der Waals surface area contributed by atoms with E-state index in [0.717, 1.165) is 178 Å². The maximum absolute atomic E-state index is 5.94. The number of fused-ring (bicyclic) bond motifs is 16. The first-order valence-corrected chi connectivity index (χ1v) is 32.0. The van der Waals surface area contributed by atoms with Gasteiger partial charge in [-0.3, -0.25) is 14.4 Å². The Morgan fingerprint density at radius 3 is 1.44 bits per heavy atom. The second-order valence-electron chi connectivity index (χ2n) is 24.9. The van der Waals surface area contributed by atoms with Gasteiger partial charge in [0.15, 0.2) is 17.5 Å². The first kappa shape index (κ1) is 51.0. The molecule has 0 N–H and O–H groups in total. The molecule has 0 unspecified atom stereocenters. The predicted molar refractivity (Wildman–Crippen MR) is 390 cm³/mol. The van der Waals surface area contributed by atoms with Gasteiger partial charge in [0.2, 0.25) is 0 Å². The molecule has 4 aromatic heterocycles. The fourth-order valence-corrected chi connectivity index (χ4v) is 15.8. The monoisotopic (exact) mass is 1190 g/mol. The molecule has 8 nitrogen and oxygen atoms in total. The first-order valence-electron chi connectivity index (χ1n) is 32.0. The summed E-state index contributed by atoms with van der Waals surface area (Å²) in [7, 11) is 0. The highest BCUT2D eigenvalue weighted by atomic mass is 15.3. The summed E-state index contributed by atoms with van der Waals surface area (Å²) in [6.07, 6.45) is 0. The van der Waals surface area contributed by atoms with Gasteiger partial charge in [-0.1, -0.05) is 212 Å². The molecule has 6 heterocycles. The van der Waals surface area contributed by atoms with E-state index < -0.39 is 0 Å². The SMILES string of the molecule is c1ccc(-n2c3ccccc3c3cc(-c4nc5ccccc5nc4N4c5c(ccc6ccccc56)-c5cc(-c6ccc7nc(N8c9c(ccc%10ccccc9%10)-c9cccc%10cccc8c9%10)c(-n8c9ccccc9c9ccccc98)nc7c6)cc6cccc4c56)ccc32)cc1. The molecule has 15 aromatic carbocycles. The van der Waals surface area contributed by atoms with Crippen LogP contribution in [0.4, 0.5) is 34.4 Å². The van der Waals surface area contributed by atoms with Crippen molar-refractivity contribution in [1.82, 2.24) is 29.1 Å². The Hall–Kier alpha value is -12.8. The highest BCUT2D eigenvalue weighted by Crippen LogP contribution is 2.57. The molecule has 94 heavy (non-hydrogen) atoms. The minimum absolute atomic E-state index is 0.742. The third-order valence-electron chi connectivity index (χ3n) is 19.8. The minimum atomic E-state index is 0.742. The molecule has 0 atom stereocenters. The molecule has 0 amide bonds. The second-order valence-corrected chi connectivity index (χ2v) is 24.9. The summed E-state index contributed by atoms with van der Waals surface area (Å²) in [5.41, 5.74) is 21.5. The number of anilines is 6. The Labute approximate surface area is 538 Å². The van der Waals surface area contributed by atoms with Crippen molar-refractivity contribution in [2.75, 3.05) is 9.80 Å². The molecular formula is C86H50N8. The number of hydrogen-bond donors (Lipinski definition) is 0. The Morgan fingerprint density at radius 2 is 0.734 bits per heavy atom. The summed E-state index contributed by atoms with van der Waals surface area (Å²) in [5.74, 6) is 2.25. The molecule has 2 aliphatic rings. The summed E-state index contributed by atoms with van der Waals surface area (Å²) >= 11 is 0. The summed E-state index contributed by atoms with van der Waals surface area (Å²) < 4.78 is 4.70. The molecule has 2 aliphatic heterocycles. The van der Waals surface area contributed by atoms with Crippen molar-refractivity contribution in [3.05, 3.63) is 303 Å². The van der Waals surface area contributed by atoms with Gasteiger partial charge in [-0.25, -0.2) is 19.9 Å². The lowest BCUT2D eigenvalue weighted by Gasteiger charge is -2.35. The fraction of sp³-hybridized carbons (Fsp3) is 0. The van der Waals surface area contributed by atoms with Gasteiger partial charge in [0, 0.05) is 65.5 Å². The van der Waals surface area contributed by atoms with Crippen molar-refractivity contribution >= 4 is 143 Å². The zero-order valence-electron chi connectivity index (χ0n) is 50.4. The van der Waals surface area contributed by atoms with Crippen LogP contribution in [0.15, 0.2) is 303 Å². The highest BCUT2D eigenvalue weighted by Gasteiger charge is 2.35. The molecule has 0 saturated carbocycles. The van der Waals surface area contributed by atoms with E-state index in [4.69, 9.17) is 19.9 Å². The van der Waals surface area contributed by atoms with Crippen LogP contribution >= 0.6 is 0 Å². The molecule has 8 heteroatoms. The molecule has 0 saturated heterocycles. The average Bonchev–Trinajstić information content (AvgIpc) is 1.02. The summed E-state index contributed by atoms with van der Waals surface area (Å²) in [4.78, 5) is 28.0. The van der Waals surface area contributed by atoms with E-state index in [1.165, 1.54) is 21.7 Å². The molecule has 0 spiro atoms. The molecule has 434 valence electrons. The standard InChI is InChI=1S/C86H50N8/c1-2-24-58(25-3-1)91-73-34-13-10-30-63(73)67-48-56(42-46-76(67)91)81-84(88-70-33-12-11-32-69(70)87-81)93-78-38-18-23-55-47-57(49-68(80(55)78)66-44-40-52-20-5-7-27-60(52)83(66)93)54-41-45-71-72(50-54)90-85(92-74-35-14-8-28-61(74)62-29-9-15-36-75(62)92)86(89-71)94-77-37-17-22-53-21-16-31-64(79(53)77)65-43-39-51-19-4-6-26-59(51)82(65)94/h1-50H. The summed E-state index contributed by atoms with van der Waals surface area (Å²) in [6.45, 7) is 0. The Balaban J connectivity index is 0.787. The van der Waals surface area contributed by atoms with Gasteiger partial charge < -0.3 is 4.57 Å². The first-order chi connectivity index (χ1) is 46.6. The van der Waals surface area contributed by atoms with Gasteiger partial charge in [-0.2, -0.15) is 0 Å². The van der Waals surface area contributed by atoms with E-state index in [2.05, 4.69) is 322 Å². The highest BCUT2D eigenvalue weighted by molar-refractivity contribution is 6.22. The number of nitrogens with zero attached hydrogens (tertiary/aromatic N) is 8. The molecule has 0 fully saturated rings. The van der Waals surface area contributed by atoms with Gasteiger partial charge in [0.05, 0.1) is 66.9 Å². The van der Waals surface area contributed by atoms with Crippen LogP contribution in [0.2, 0.25) is 0 Å². The number of para-hydroxylation sites is 6. The van der Waals surface area contributed by atoms with Gasteiger partial charge in [0.1, 0.15) is 5.69 Å². The fourth-order valence-electron chi connectivity index (χ4n) is 15.8. The van der Waals surface area contributed by atoms with E-state index in [1.54, 1.807) is 0 Å². The smallest absolute Gasteiger partial charge is 0.182 e. The van der Waals surface area contributed by atoms with Crippen LogP contribution in [-0.2, 0) is 0 Å². The van der Waals surface area contributed by atoms with E-state index in [1.807, 2.05) is 0 Å². The van der Waals surface area contributed by atoms with Crippen LogP contribution in [0.5, 0.6) is 0 Å². The van der Waals surface area contributed by atoms with E-state index in [-0.39, 0.29) is 0 Å². The predicted octanol–water partition coefficient (Wildman–Crippen LogP) is 22.6. The third kappa shape index (κ3) is 7.21. The van der Waals surface area contributed by atoms with Crippen LogP contribution in [0.1, 0.15) is 0 Å². The third-order valence-corrected chi connectivity index (χ3v) is 19.8. The van der Waals surface area contributed by atoms with Crippen molar-refractivity contribution < 1.29 is 0 Å². The van der Waals surface area contributed by atoms with Crippen molar-refractivity contribution in [2.45, 2.75) is 0 Å². The molecule has 0 aliphatic carbocycles. The minimum Gasteiger partial charge on any atom is -0.309 e. The Bertz CT molecular complexity index is 6460. The van der Waals surface area contributed by atoms with Crippen LogP contribution in [0.25, 0.3) is 165 Å². The molecular weight excluding hydrogens is 1150 g/mol. The quantitative estimate of drug-likeness (QED) is 0.165. The van der Waals surface area contributed by atoms with Crippen molar-refractivity contribution in [3.63, 3.8) is 0 Å². The lowest BCUT2D eigenvalue weighted by atomic mass is 9.86. The average molecular weight is 1200 g/mol. The van der Waals surface area contributed by atoms with E-state index in [0.29, 0.717) is 0 Å². The van der Waals surface area contributed by atoms with Crippen LogP contribution in [0.3, 0.4) is 0 Å². The summed E-state index contributed by atoms with van der Waals surface area (Å²) in [6, 6.07) is 110. The lowest BCUT2D eigenvalue weighted by Crippen LogP contribution is -2.20. The molecule has 0 bridgehead atoms. The largest absolute Gasteiger partial charge is 0.309 e. The van der Waals surface area contributed by atoms with Crippen LogP contribution < -0.4 is 9.80 Å². The topological polar surface area (TPSA) is 67.9 Å². The van der Waals surface area contributed by atoms with Gasteiger partial charge in [-0.05, 0) is 135 Å². The maximum atomic E-state index is 5.94. The van der Waals surface area contributed by atoms with Crippen molar-refractivity contribution in [1.29, 1.82) is 0 Å². The zero-order valence-corrected chi connectivity index (χ0v) is 50.4. The molecule has 21 rings (SSSR count). The number of benzene rings is 15. The van der Waals surface area contributed by atoms with Crippen LogP contribution in [-0.4, -0.2) is 29.1 Å².